The average molecular weight is 478 g/mol. The zero-order valence-electron chi connectivity index (χ0n) is 18.9. The van der Waals surface area contributed by atoms with Crippen LogP contribution in [0.15, 0.2) is 48.0 Å². The Morgan fingerprint density at radius 2 is 2.03 bits per heavy atom. The first-order chi connectivity index (χ1) is 16.4. The zero-order valence-corrected chi connectivity index (χ0v) is 19.7. The Kier molecular flexibility index (Phi) is 5.50. The second-order valence-corrected chi connectivity index (χ2v) is 8.90. The summed E-state index contributed by atoms with van der Waals surface area (Å²) in [6, 6.07) is 10.9. The van der Waals surface area contributed by atoms with E-state index in [1.165, 1.54) is 11.3 Å². The Balaban J connectivity index is 1.40. The molecular weight excluding hydrogens is 454 g/mol. The highest BCUT2D eigenvalue weighted by Crippen LogP contribution is 2.35. The standard InChI is InChI=1S/C23H23N7O3S/c1-29-10-8-23(32,21(29)31)15-6-4-5-14(11-15)17-13-34-20(25-17)16-7-9-24-22(26-16)27-18-12-19(33-3)28-30(18)2/h4-7,9,11-13,32H,8,10H2,1-3H3,(H,24,26,27)/t23-/m1/s1. The monoisotopic (exact) mass is 477 g/mol. The first-order valence-corrected chi connectivity index (χ1v) is 11.5. The van der Waals surface area contributed by atoms with Crippen LogP contribution in [0.4, 0.5) is 11.8 Å². The topological polar surface area (TPSA) is 118 Å². The summed E-state index contributed by atoms with van der Waals surface area (Å²) in [6.45, 7) is 0.524. The minimum Gasteiger partial charge on any atom is -0.480 e. The van der Waals surface area contributed by atoms with Crippen LogP contribution in [0, 0.1) is 0 Å². The fourth-order valence-corrected chi connectivity index (χ4v) is 4.69. The van der Waals surface area contributed by atoms with Gasteiger partial charge in [-0.05, 0) is 17.7 Å². The number of hydrogen-bond acceptors (Lipinski definition) is 9. The number of nitrogens with one attached hydrogen (secondary N) is 1. The van der Waals surface area contributed by atoms with E-state index in [2.05, 4.69) is 20.4 Å². The van der Waals surface area contributed by atoms with Crippen molar-refractivity contribution in [1.29, 1.82) is 0 Å². The van der Waals surface area contributed by atoms with Gasteiger partial charge in [0, 0.05) is 50.3 Å². The van der Waals surface area contributed by atoms with E-state index >= 15 is 0 Å². The van der Waals surface area contributed by atoms with E-state index in [1.807, 2.05) is 23.6 Å². The lowest BCUT2D eigenvalue weighted by molar-refractivity contribution is -0.143. The highest BCUT2D eigenvalue weighted by atomic mass is 32.1. The summed E-state index contributed by atoms with van der Waals surface area (Å²) in [7, 11) is 5.06. The number of methoxy groups -OCH3 is 1. The van der Waals surface area contributed by atoms with Gasteiger partial charge in [0.15, 0.2) is 5.60 Å². The molecule has 1 fully saturated rings. The molecule has 5 rings (SSSR count). The number of carbonyl (C=O) groups excluding carboxylic acids is 1. The molecule has 0 aliphatic carbocycles. The molecule has 3 aromatic heterocycles. The Morgan fingerprint density at radius 3 is 2.76 bits per heavy atom. The van der Waals surface area contributed by atoms with E-state index in [0.717, 1.165) is 16.3 Å². The first kappa shape index (κ1) is 22.0. The molecule has 4 heterocycles. The molecule has 0 unspecified atom stereocenters. The lowest BCUT2D eigenvalue weighted by Gasteiger charge is -2.21. The van der Waals surface area contributed by atoms with Crippen LogP contribution in [0.2, 0.25) is 0 Å². The van der Waals surface area contributed by atoms with Gasteiger partial charge in [-0.25, -0.2) is 19.6 Å². The Labute approximate surface area is 199 Å². The van der Waals surface area contributed by atoms with Crippen molar-refractivity contribution in [1.82, 2.24) is 29.6 Å². The van der Waals surface area contributed by atoms with Crippen molar-refractivity contribution in [2.24, 2.45) is 7.05 Å². The lowest BCUT2D eigenvalue weighted by Crippen LogP contribution is -2.36. The van der Waals surface area contributed by atoms with Crippen LogP contribution in [0.1, 0.15) is 12.0 Å². The predicted molar refractivity (Wildman–Crippen MR) is 128 cm³/mol. The van der Waals surface area contributed by atoms with Crippen LogP contribution in [-0.4, -0.2) is 61.3 Å². The van der Waals surface area contributed by atoms with E-state index in [4.69, 9.17) is 9.72 Å². The molecular formula is C23H23N7O3S. The number of carbonyl (C=O) groups is 1. The van der Waals surface area contributed by atoms with Gasteiger partial charge in [0.2, 0.25) is 11.8 Å². The van der Waals surface area contributed by atoms with Gasteiger partial charge in [-0.15, -0.1) is 16.4 Å². The third-order valence-electron chi connectivity index (χ3n) is 5.83. The number of rotatable bonds is 6. The lowest BCUT2D eigenvalue weighted by atomic mass is 9.90. The molecule has 1 aliphatic rings. The number of amides is 1. The summed E-state index contributed by atoms with van der Waals surface area (Å²) in [5, 5.41) is 21.0. The van der Waals surface area contributed by atoms with Crippen LogP contribution in [-0.2, 0) is 17.4 Å². The number of benzene rings is 1. The minimum atomic E-state index is -1.49. The van der Waals surface area contributed by atoms with Gasteiger partial charge in [-0.3, -0.25) is 4.79 Å². The van der Waals surface area contributed by atoms with Crippen molar-refractivity contribution in [2.45, 2.75) is 12.0 Å². The third-order valence-corrected chi connectivity index (χ3v) is 6.70. The maximum atomic E-state index is 12.5. The first-order valence-electron chi connectivity index (χ1n) is 10.6. The molecule has 1 saturated heterocycles. The molecule has 174 valence electrons. The number of likely N-dealkylation sites (N-methyl/N-ethyl adjacent to an activating group) is 1. The maximum absolute atomic E-state index is 12.5. The van der Waals surface area contributed by atoms with E-state index in [1.54, 1.807) is 55.2 Å². The van der Waals surface area contributed by atoms with E-state index in [-0.39, 0.29) is 5.91 Å². The van der Waals surface area contributed by atoms with Crippen molar-refractivity contribution >= 4 is 29.0 Å². The molecule has 0 radical (unpaired) electrons. The summed E-state index contributed by atoms with van der Waals surface area (Å²) < 4.78 is 6.79. The maximum Gasteiger partial charge on any atom is 0.258 e. The van der Waals surface area contributed by atoms with Crippen molar-refractivity contribution in [3.8, 4) is 27.8 Å². The van der Waals surface area contributed by atoms with Crippen LogP contribution >= 0.6 is 11.3 Å². The molecule has 4 aromatic rings. The normalized spacial score (nSPS) is 17.9. The van der Waals surface area contributed by atoms with Gasteiger partial charge in [0.1, 0.15) is 16.5 Å². The highest BCUT2D eigenvalue weighted by molar-refractivity contribution is 7.13. The number of anilines is 2. The molecule has 1 aromatic carbocycles. The summed E-state index contributed by atoms with van der Waals surface area (Å²) in [5.74, 6) is 1.31. The molecule has 10 nitrogen and oxygen atoms in total. The second kappa shape index (κ2) is 8.50. The summed E-state index contributed by atoms with van der Waals surface area (Å²) in [5.41, 5.74) is 1.32. The van der Waals surface area contributed by atoms with Gasteiger partial charge < -0.3 is 20.1 Å². The summed E-state index contributed by atoms with van der Waals surface area (Å²) in [6.07, 6.45) is 2.03. The van der Waals surface area contributed by atoms with Crippen LogP contribution < -0.4 is 10.1 Å². The van der Waals surface area contributed by atoms with Crippen LogP contribution in [0.5, 0.6) is 5.88 Å². The van der Waals surface area contributed by atoms with E-state index in [9.17, 15) is 9.90 Å². The zero-order chi connectivity index (χ0) is 23.9. The van der Waals surface area contributed by atoms with Crippen molar-refractivity contribution in [3.05, 3.63) is 53.5 Å². The fraction of sp³-hybridized carbons (Fsp3) is 0.261. The average Bonchev–Trinajstić information content (AvgIpc) is 3.55. The number of aliphatic hydroxyl groups is 1. The smallest absolute Gasteiger partial charge is 0.258 e. The highest BCUT2D eigenvalue weighted by Gasteiger charge is 2.45. The Morgan fingerprint density at radius 1 is 1.18 bits per heavy atom. The van der Waals surface area contributed by atoms with Crippen LogP contribution in [0.25, 0.3) is 22.0 Å². The fourth-order valence-electron chi connectivity index (χ4n) is 3.89. The largest absolute Gasteiger partial charge is 0.480 e. The molecule has 0 saturated carbocycles. The Bertz CT molecular complexity index is 1370. The van der Waals surface area contributed by atoms with Crippen molar-refractivity contribution < 1.29 is 14.6 Å². The number of aryl methyl sites for hydroxylation is 1. The number of nitrogens with zero attached hydrogens (tertiary/aromatic N) is 6. The second-order valence-electron chi connectivity index (χ2n) is 8.04. The Hall–Kier alpha value is -3.83. The van der Waals surface area contributed by atoms with Crippen LogP contribution in [0.3, 0.4) is 0 Å². The summed E-state index contributed by atoms with van der Waals surface area (Å²) in [4.78, 5) is 27.7. The third kappa shape index (κ3) is 3.88. The number of likely N-dealkylation sites (tertiary alicyclic amines) is 1. The number of aromatic nitrogens is 5. The molecule has 1 aliphatic heterocycles. The number of thiazole rings is 1. The van der Waals surface area contributed by atoms with Crippen molar-refractivity contribution in [2.75, 3.05) is 26.0 Å². The van der Waals surface area contributed by atoms with Gasteiger partial charge in [-0.1, -0.05) is 18.2 Å². The van der Waals surface area contributed by atoms with E-state index < -0.39 is 5.60 Å². The molecule has 1 amide bonds. The van der Waals surface area contributed by atoms with Gasteiger partial charge >= 0.3 is 0 Å². The summed E-state index contributed by atoms with van der Waals surface area (Å²) >= 11 is 1.46. The molecule has 2 N–H and O–H groups in total. The van der Waals surface area contributed by atoms with Crippen molar-refractivity contribution in [3.63, 3.8) is 0 Å². The number of hydrogen-bond donors (Lipinski definition) is 2. The molecule has 0 bridgehead atoms. The molecule has 0 spiro atoms. The van der Waals surface area contributed by atoms with E-state index in [0.29, 0.717) is 41.9 Å². The van der Waals surface area contributed by atoms with Gasteiger partial charge in [-0.2, -0.15) is 0 Å². The minimum absolute atomic E-state index is 0.282. The van der Waals surface area contributed by atoms with Gasteiger partial charge in [0.25, 0.3) is 5.91 Å². The number of ether oxygens (including phenoxy) is 1. The quantitative estimate of drug-likeness (QED) is 0.435. The van der Waals surface area contributed by atoms with Gasteiger partial charge in [0.05, 0.1) is 12.8 Å². The predicted octanol–water partition coefficient (Wildman–Crippen LogP) is 2.80. The molecule has 11 heteroatoms. The molecule has 1 atom stereocenters. The molecule has 34 heavy (non-hydrogen) atoms. The SMILES string of the molecule is COc1cc(Nc2nccc(-c3nc(-c4cccc([C@]5(O)CCN(C)C5=O)c4)cs3)n2)n(C)n1.